The van der Waals surface area contributed by atoms with Crippen molar-refractivity contribution in [2.75, 3.05) is 18.0 Å². The largest absolute Gasteiger partial charge is 0.369 e. The van der Waals surface area contributed by atoms with E-state index in [4.69, 9.17) is 10.9 Å². The Kier molecular flexibility index (Phi) is 6.61. The Hall–Kier alpha value is -2.27. The highest BCUT2D eigenvalue weighted by molar-refractivity contribution is 9.10. The Labute approximate surface area is 184 Å². The lowest BCUT2D eigenvalue weighted by Crippen LogP contribution is -2.45. The molecule has 2 aromatic rings. The van der Waals surface area contributed by atoms with Crippen LogP contribution in [0.1, 0.15) is 18.1 Å². The number of rotatable bonds is 7. The van der Waals surface area contributed by atoms with Crippen LogP contribution in [0.3, 0.4) is 0 Å². The number of primary amides is 1. The number of carbonyl (C=O) groups is 2. The lowest BCUT2D eigenvalue weighted by Gasteiger charge is -2.27. The van der Waals surface area contributed by atoms with Crippen LogP contribution >= 0.6 is 15.9 Å². The predicted octanol–water partition coefficient (Wildman–Crippen LogP) is 1.36. The van der Waals surface area contributed by atoms with Crippen LogP contribution in [0.4, 0.5) is 5.69 Å². The maximum absolute atomic E-state index is 13.1. The fourth-order valence-electron chi connectivity index (χ4n) is 3.67. The first-order valence-corrected chi connectivity index (χ1v) is 11.6. The number of fused-ring (bicyclic) bond motifs is 1. The molecular weight excluding hydrogens is 472 g/mol. The SMILES string of the molecule is C[C@@H]1Cc2cc(S(N)(=O)=O)ccc2N1C(=O)CN(CC(N)=O)Cc1ccc(Br)cc1. The van der Waals surface area contributed by atoms with E-state index in [1.165, 1.54) is 12.1 Å². The molecule has 1 heterocycles. The van der Waals surface area contributed by atoms with Crippen LogP contribution < -0.4 is 15.8 Å². The van der Waals surface area contributed by atoms with Crippen molar-refractivity contribution < 1.29 is 18.0 Å². The average Bonchev–Trinajstić information content (AvgIpc) is 2.97. The number of sulfonamides is 1. The van der Waals surface area contributed by atoms with Crippen LogP contribution in [0, 0.1) is 0 Å². The van der Waals surface area contributed by atoms with Crippen LogP contribution in [-0.4, -0.2) is 44.3 Å². The van der Waals surface area contributed by atoms with Gasteiger partial charge in [-0.25, -0.2) is 13.6 Å². The summed E-state index contributed by atoms with van der Waals surface area (Å²) in [6.07, 6.45) is 0.521. The molecular formula is C20H23BrN4O4S. The standard InChI is InChI=1S/C20H23BrN4O4S/c1-13-8-15-9-17(30(23,28)29)6-7-18(15)25(13)20(27)12-24(11-19(22)26)10-14-2-4-16(21)5-3-14/h2-7,9,13H,8,10-12H2,1H3,(H2,22,26)(H2,23,28,29)/t13-/m1/s1. The number of carbonyl (C=O) groups excluding carboxylic acids is 2. The smallest absolute Gasteiger partial charge is 0.241 e. The molecule has 0 unspecified atom stereocenters. The molecule has 0 aliphatic carbocycles. The lowest BCUT2D eigenvalue weighted by atomic mass is 10.1. The van der Waals surface area contributed by atoms with Gasteiger partial charge >= 0.3 is 0 Å². The molecule has 0 fully saturated rings. The molecule has 0 saturated carbocycles. The van der Waals surface area contributed by atoms with E-state index >= 15 is 0 Å². The molecule has 4 N–H and O–H groups in total. The number of amides is 2. The van der Waals surface area contributed by atoms with E-state index < -0.39 is 15.9 Å². The minimum Gasteiger partial charge on any atom is -0.369 e. The van der Waals surface area contributed by atoms with Gasteiger partial charge in [-0.2, -0.15) is 0 Å². The first-order valence-electron chi connectivity index (χ1n) is 9.27. The van der Waals surface area contributed by atoms with Crippen molar-refractivity contribution >= 4 is 43.5 Å². The van der Waals surface area contributed by atoms with Crippen molar-refractivity contribution in [2.45, 2.75) is 30.8 Å². The third kappa shape index (κ3) is 5.25. The first kappa shape index (κ1) is 22.4. The summed E-state index contributed by atoms with van der Waals surface area (Å²) in [5, 5.41) is 5.21. The number of nitrogens with two attached hydrogens (primary N) is 2. The molecule has 1 atom stereocenters. The van der Waals surface area contributed by atoms with Crippen molar-refractivity contribution in [3.63, 3.8) is 0 Å². The first-order chi connectivity index (χ1) is 14.0. The molecule has 8 nitrogen and oxygen atoms in total. The summed E-state index contributed by atoms with van der Waals surface area (Å²) in [4.78, 5) is 28.0. The van der Waals surface area contributed by atoms with Gasteiger partial charge in [-0.05, 0) is 54.8 Å². The molecule has 1 aliphatic heterocycles. The zero-order chi connectivity index (χ0) is 22.1. The Morgan fingerprint density at radius 1 is 1.17 bits per heavy atom. The normalized spacial score (nSPS) is 16.0. The summed E-state index contributed by atoms with van der Waals surface area (Å²) >= 11 is 3.38. The molecule has 0 bridgehead atoms. The Morgan fingerprint density at radius 3 is 2.43 bits per heavy atom. The van der Waals surface area contributed by atoms with Crippen molar-refractivity contribution in [3.8, 4) is 0 Å². The summed E-state index contributed by atoms with van der Waals surface area (Å²) in [5.41, 5.74) is 7.73. The van der Waals surface area contributed by atoms with Crippen LogP contribution in [-0.2, 0) is 32.6 Å². The van der Waals surface area contributed by atoms with E-state index in [0.717, 1.165) is 15.6 Å². The van der Waals surface area contributed by atoms with Gasteiger partial charge in [-0.15, -0.1) is 0 Å². The van der Waals surface area contributed by atoms with Crippen molar-refractivity contribution in [2.24, 2.45) is 10.9 Å². The van der Waals surface area contributed by atoms with Crippen molar-refractivity contribution in [1.82, 2.24) is 4.90 Å². The Morgan fingerprint density at radius 2 is 1.83 bits per heavy atom. The van der Waals surface area contributed by atoms with Gasteiger partial charge in [0.15, 0.2) is 0 Å². The molecule has 1 aliphatic rings. The Bertz CT molecular complexity index is 1070. The second-order valence-corrected chi connectivity index (χ2v) is 9.87. The minimum absolute atomic E-state index is 0.000275. The maximum atomic E-state index is 13.1. The van der Waals surface area contributed by atoms with E-state index in [1.807, 2.05) is 31.2 Å². The van der Waals surface area contributed by atoms with Gasteiger partial charge < -0.3 is 10.6 Å². The predicted molar refractivity (Wildman–Crippen MR) is 117 cm³/mol. The van der Waals surface area contributed by atoms with Gasteiger partial charge in [0.25, 0.3) is 0 Å². The molecule has 2 amide bonds. The van der Waals surface area contributed by atoms with Gasteiger partial charge in [0.2, 0.25) is 21.8 Å². The van der Waals surface area contributed by atoms with Crippen LogP contribution in [0.5, 0.6) is 0 Å². The average molecular weight is 495 g/mol. The topological polar surface area (TPSA) is 127 Å². The van der Waals surface area contributed by atoms with Gasteiger partial charge in [-0.3, -0.25) is 14.5 Å². The third-order valence-corrected chi connectivity index (χ3v) is 6.36. The quantitative estimate of drug-likeness (QED) is 0.600. The summed E-state index contributed by atoms with van der Waals surface area (Å²) in [6, 6.07) is 12.0. The minimum atomic E-state index is -3.82. The Balaban J connectivity index is 1.80. The molecule has 0 aromatic heterocycles. The number of anilines is 1. The van der Waals surface area contributed by atoms with E-state index in [0.29, 0.717) is 18.7 Å². The van der Waals surface area contributed by atoms with Crippen LogP contribution in [0.2, 0.25) is 0 Å². The second-order valence-electron chi connectivity index (χ2n) is 7.39. The second kappa shape index (κ2) is 8.84. The van der Waals surface area contributed by atoms with Crippen molar-refractivity contribution in [1.29, 1.82) is 0 Å². The van der Waals surface area contributed by atoms with E-state index in [-0.39, 0.29) is 29.9 Å². The number of primary sulfonamides is 1. The number of hydrogen-bond acceptors (Lipinski definition) is 5. The summed E-state index contributed by atoms with van der Waals surface area (Å²) in [7, 11) is -3.82. The molecule has 160 valence electrons. The molecule has 0 radical (unpaired) electrons. The molecule has 2 aromatic carbocycles. The maximum Gasteiger partial charge on any atom is 0.241 e. The monoisotopic (exact) mass is 494 g/mol. The number of halogens is 1. The van der Waals surface area contributed by atoms with E-state index in [9.17, 15) is 18.0 Å². The summed E-state index contributed by atoms with van der Waals surface area (Å²) in [6.45, 7) is 2.23. The number of benzene rings is 2. The lowest BCUT2D eigenvalue weighted by molar-refractivity contribution is -0.122. The third-order valence-electron chi connectivity index (χ3n) is 4.92. The molecule has 0 spiro atoms. The number of nitrogens with zero attached hydrogens (tertiary/aromatic N) is 2. The fourth-order valence-corrected chi connectivity index (χ4v) is 4.50. The summed E-state index contributed by atoms with van der Waals surface area (Å²) in [5.74, 6) is -0.712. The molecule has 10 heteroatoms. The fraction of sp³-hybridized carbons (Fsp3) is 0.300. The van der Waals surface area contributed by atoms with E-state index in [1.54, 1.807) is 15.9 Å². The summed E-state index contributed by atoms with van der Waals surface area (Å²) < 4.78 is 24.2. The van der Waals surface area contributed by atoms with Gasteiger partial charge in [0.1, 0.15) is 0 Å². The zero-order valence-corrected chi connectivity index (χ0v) is 18.8. The molecule has 0 saturated heterocycles. The molecule has 3 rings (SSSR count). The highest BCUT2D eigenvalue weighted by atomic mass is 79.9. The van der Waals surface area contributed by atoms with Crippen LogP contribution in [0.15, 0.2) is 51.8 Å². The van der Waals surface area contributed by atoms with Crippen LogP contribution in [0.25, 0.3) is 0 Å². The van der Waals surface area contributed by atoms with Gasteiger partial charge in [0.05, 0.1) is 18.0 Å². The van der Waals surface area contributed by atoms with E-state index in [2.05, 4.69) is 15.9 Å². The highest BCUT2D eigenvalue weighted by Gasteiger charge is 2.32. The van der Waals surface area contributed by atoms with Crippen molar-refractivity contribution in [3.05, 3.63) is 58.1 Å². The molecule has 30 heavy (non-hydrogen) atoms. The van der Waals surface area contributed by atoms with Gasteiger partial charge in [0, 0.05) is 22.7 Å². The van der Waals surface area contributed by atoms with Gasteiger partial charge in [-0.1, -0.05) is 28.1 Å². The zero-order valence-electron chi connectivity index (χ0n) is 16.4. The highest BCUT2D eigenvalue weighted by Crippen LogP contribution is 2.33. The number of hydrogen-bond donors (Lipinski definition) is 2.